The van der Waals surface area contributed by atoms with Crippen molar-refractivity contribution in [1.29, 1.82) is 0 Å². The number of likely N-dealkylation sites (tertiary alicyclic amines) is 1. The summed E-state index contributed by atoms with van der Waals surface area (Å²) >= 11 is 0. The monoisotopic (exact) mass is 449 g/mol. The molecule has 0 spiro atoms. The molecule has 1 saturated carbocycles. The number of pyridine rings is 1. The molecular formula is C27H35N3O3. The summed E-state index contributed by atoms with van der Waals surface area (Å²) in [7, 11) is 0. The number of hydrogen-bond donors (Lipinski definition) is 1. The maximum absolute atomic E-state index is 13.7. The van der Waals surface area contributed by atoms with Gasteiger partial charge in [-0.1, -0.05) is 51.1 Å². The summed E-state index contributed by atoms with van der Waals surface area (Å²) in [6, 6.07) is 10.2. The van der Waals surface area contributed by atoms with Crippen LogP contribution < -0.4 is 10.7 Å². The maximum Gasteiger partial charge on any atom is 0.259 e. The van der Waals surface area contributed by atoms with Gasteiger partial charge in [-0.2, -0.15) is 0 Å². The molecular weight excluding hydrogens is 414 g/mol. The number of rotatable bonds is 6. The van der Waals surface area contributed by atoms with Crippen molar-refractivity contribution in [2.75, 3.05) is 13.1 Å². The lowest BCUT2D eigenvalue weighted by Gasteiger charge is -2.39. The van der Waals surface area contributed by atoms with Crippen LogP contribution in [0, 0.1) is 10.8 Å². The second kappa shape index (κ2) is 8.81. The summed E-state index contributed by atoms with van der Waals surface area (Å²) in [4.78, 5) is 41.5. The van der Waals surface area contributed by atoms with Gasteiger partial charge in [-0.25, -0.2) is 0 Å². The third-order valence-corrected chi connectivity index (χ3v) is 7.07. The van der Waals surface area contributed by atoms with E-state index in [0.29, 0.717) is 19.6 Å². The molecule has 2 aromatic rings. The zero-order valence-corrected chi connectivity index (χ0v) is 20.2. The van der Waals surface area contributed by atoms with Gasteiger partial charge < -0.3 is 14.8 Å². The minimum atomic E-state index is -0.479. The van der Waals surface area contributed by atoms with Crippen LogP contribution in [0.15, 0.2) is 47.5 Å². The molecule has 2 bridgehead atoms. The number of benzene rings is 1. The van der Waals surface area contributed by atoms with Crippen LogP contribution in [0.3, 0.4) is 0 Å². The Morgan fingerprint density at radius 3 is 2.45 bits per heavy atom. The fourth-order valence-corrected chi connectivity index (χ4v) is 6.09. The molecule has 2 fully saturated rings. The van der Waals surface area contributed by atoms with Crippen molar-refractivity contribution in [2.24, 2.45) is 10.8 Å². The first-order valence-corrected chi connectivity index (χ1v) is 12.0. The largest absolute Gasteiger partial charge is 0.352 e. The highest BCUT2D eigenvalue weighted by Gasteiger charge is 2.51. The lowest BCUT2D eigenvalue weighted by molar-refractivity contribution is 0.0706. The third kappa shape index (κ3) is 4.90. The second-order valence-electron chi connectivity index (χ2n) is 10.9. The van der Waals surface area contributed by atoms with Crippen molar-refractivity contribution in [3.63, 3.8) is 0 Å². The van der Waals surface area contributed by atoms with E-state index in [9.17, 15) is 14.4 Å². The van der Waals surface area contributed by atoms with Gasteiger partial charge in [0.1, 0.15) is 11.1 Å². The SMILES string of the molecule is CCNC(=O)c1cn(CCc2ccccc2)cc(C(=O)N2C[C@]3(C)C[C@H]2CC(C)(C)C3)c1=O. The van der Waals surface area contributed by atoms with E-state index >= 15 is 0 Å². The van der Waals surface area contributed by atoms with Crippen molar-refractivity contribution in [2.45, 2.75) is 66.0 Å². The van der Waals surface area contributed by atoms with E-state index in [2.05, 4.69) is 26.1 Å². The van der Waals surface area contributed by atoms with Crippen LogP contribution in [0.5, 0.6) is 0 Å². The summed E-state index contributed by atoms with van der Waals surface area (Å²) in [5.41, 5.74) is 1.06. The number of carbonyl (C=O) groups excluding carboxylic acids is 2. The van der Waals surface area contributed by atoms with Gasteiger partial charge in [0.05, 0.1) is 0 Å². The molecule has 33 heavy (non-hydrogen) atoms. The Bertz CT molecular complexity index is 1110. The minimum Gasteiger partial charge on any atom is -0.352 e. The van der Waals surface area contributed by atoms with Gasteiger partial charge in [0.15, 0.2) is 0 Å². The number of carbonyl (C=O) groups is 2. The molecule has 2 amide bonds. The average Bonchev–Trinajstić information content (AvgIpc) is 3.01. The summed E-state index contributed by atoms with van der Waals surface area (Å²) in [5.74, 6) is -0.676. The molecule has 1 aromatic heterocycles. The Morgan fingerprint density at radius 1 is 1.06 bits per heavy atom. The van der Waals surface area contributed by atoms with Crippen LogP contribution in [0.1, 0.15) is 73.2 Å². The molecule has 2 aliphatic rings. The van der Waals surface area contributed by atoms with E-state index in [1.54, 1.807) is 12.4 Å². The van der Waals surface area contributed by atoms with Crippen LogP contribution in [0.4, 0.5) is 0 Å². The highest BCUT2D eigenvalue weighted by molar-refractivity contribution is 5.99. The van der Waals surface area contributed by atoms with Gasteiger partial charge >= 0.3 is 0 Å². The molecule has 4 rings (SSSR count). The highest BCUT2D eigenvalue weighted by atomic mass is 16.2. The normalized spacial score (nSPS) is 23.4. The van der Waals surface area contributed by atoms with Gasteiger partial charge in [-0.3, -0.25) is 14.4 Å². The van der Waals surface area contributed by atoms with Gasteiger partial charge in [0, 0.05) is 38.1 Å². The van der Waals surface area contributed by atoms with E-state index in [4.69, 9.17) is 0 Å². The number of aryl methyl sites for hydroxylation is 2. The maximum atomic E-state index is 13.7. The van der Waals surface area contributed by atoms with E-state index in [1.165, 1.54) is 0 Å². The molecule has 0 radical (unpaired) electrons. The average molecular weight is 450 g/mol. The number of nitrogens with zero attached hydrogens (tertiary/aromatic N) is 2. The van der Waals surface area contributed by atoms with Crippen LogP contribution >= 0.6 is 0 Å². The smallest absolute Gasteiger partial charge is 0.259 e. The van der Waals surface area contributed by atoms with Crippen LogP contribution in [-0.2, 0) is 13.0 Å². The Morgan fingerprint density at radius 2 is 1.76 bits per heavy atom. The first-order chi connectivity index (χ1) is 15.6. The summed E-state index contributed by atoms with van der Waals surface area (Å²) < 4.78 is 1.82. The Hall–Kier alpha value is -2.89. The van der Waals surface area contributed by atoms with Crippen molar-refractivity contribution in [3.8, 4) is 0 Å². The molecule has 0 unspecified atom stereocenters. The zero-order valence-electron chi connectivity index (χ0n) is 20.2. The van der Waals surface area contributed by atoms with Gasteiger partial charge in [-0.05, 0) is 49.0 Å². The predicted octanol–water partition coefficient (Wildman–Crippen LogP) is 3.88. The summed E-state index contributed by atoms with van der Waals surface area (Å²) in [5, 5.41) is 2.72. The number of nitrogens with one attached hydrogen (secondary N) is 1. The second-order valence-corrected chi connectivity index (χ2v) is 10.9. The van der Waals surface area contributed by atoms with Crippen LogP contribution in [0.2, 0.25) is 0 Å². The zero-order chi connectivity index (χ0) is 23.8. The molecule has 6 heteroatoms. The van der Waals surface area contributed by atoms with Crippen molar-refractivity contribution in [1.82, 2.24) is 14.8 Å². The number of fused-ring (bicyclic) bond motifs is 2. The van der Waals surface area contributed by atoms with E-state index in [0.717, 1.165) is 31.2 Å². The van der Waals surface area contributed by atoms with Crippen LogP contribution in [-0.4, -0.2) is 40.4 Å². The lowest BCUT2D eigenvalue weighted by Crippen LogP contribution is -2.41. The fraction of sp³-hybridized carbons (Fsp3) is 0.519. The Balaban J connectivity index is 1.67. The molecule has 1 aliphatic carbocycles. The number of amides is 2. The van der Waals surface area contributed by atoms with Crippen molar-refractivity contribution in [3.05, 3.63) is 69.6 Å². The van der Waals surface area contributed by atoms with Gasteiger partial charge in [-0.15, -0.1) is 0 Å². The molecule has 6 nitrogen and oxygen atoms in total. The van der Waals surface area contributed by atoms with Crippen molar-refractivity contribution < 1.29 is 9.59 Å². The Kier molecular flexibility index (Phi) is 6.21. The van der Waals surface area contributed by atoms with Crippen molar-refractivity contribution >= 4 is 11.8 Å². The van der Waals surface area contributed by atoms with E-state index in [1.807, 2.05) is 46.7 Å². The molecule has 1 aromatic carbocycles. The minimum absolute atomic E-state index is 0.0319. The fourth-order valence-electron chi connectivity index (χ4n) is 6.09. The Labute approximate surface area is 196 Å². The molecule has 176 valence electrons. The highest BCUT2D eigenvalue weighted by Crippen LogP contribution is 2.52. The lowest BCUT2D eigenvalue weighted by atomic mass is 9.65. The molecule has 1 aliphatic heterocycles. The topological polar surface area (TPSA) is 71.4 Å². The molecule has 1 N–H and O–H groups in total. The first kappa shape index (κ1) is 23.3. The number of aromatic nitrogens is 1. The predicted molar refractivity (Wildman–Crippen MR) is 129 cm³/mol. The quantitative estimate of drug-likeness (QED) is 0.728. The number of hydrogen-bond acceptors (Lipinski definition) is 3. The standard InChI is InChI=1S/C27H35N3O3/c1-5-28-24(32)21-15-29(12-11-19-9-7-6-8-10-19)16-22(23(21)31)25(33)30-18-27(4)14-20(30)13-26(2,3)17-27/h6-10,15-16,20H,5,11-14,17-18H2,1-4H3,(H,28,32)/t20-,27-/m1/s1. The van der Waals surface area contributed by atoms with E-state index < -0.39 is 11.3 Å². The van der Waals surface area contributed by atoms with Gasteiger partial charge in [0.2, 0.25) is 5.43 Å². The first-order valence-electron chi connectivity index (χ1n) is 12.0. The van der Waals surface area contributed by atoms with E-state index in [-0.39, 0.29) is 33.9 Å². The molecule has 2 atom stereocenters. The third-order valence-electron chi connectivity index (χ3n) is 7.07. The summed E-state index contributed by atoms with van der Waals surface area (Å²) in [6.45, 7) is 10.2. The molecule has 1 saturated heterocycles. The van der Waals surface area contributed by atoms with Gasteiger partial charge in [0.25, 0.3) is 11.8 Å². The summed E-state index contributed by atoms with van der Waals surface area (Å²) in [6.07, 6.45) is 6.95. The van der Waals surface area contributed by atoms with Crippen LogP contribution in [0.25, 0.3) is 0 Å². The molecule has 2 heterocycles.